The summed E-state index contributed by atoms with van der Waals surface area (Å²) in [6, 6.07) is 0. The molecule has 0 radical (unpaired) electrons. The maximum atomic E-state index is 11.4. The van der Waals surface area contributed by atoms with Crippen molar-refractivity contribution in [1.29, 1.82) is 0 Å². The van der Waals surface area contributed by atoms with Crippen LogP contribution in [0.2, 0.25) is 0 Å². The number of hydrogen-bond acceptors (Lipinski definition) is 15. The molecule has 3 aliphatic carbocycles. The van der Waals surface area contributed by atoms with Crippen LogP contribution in [-0.4, -0.2) is 119 Å². The van der Waals surface area contributed by atoms with Gasteiger partial charge in [0.05, 0.1) is 50.8 Å². The first-order chi connectivity index (χ1) is 37.1. The third-order valence-corrected chi connectivity index (χ3v) is 13.2. The fourth-order valence-electron chi connectivity index (χ4n) is 8.24. The van der Waals surface area contributed by atoms with Gasteiger partial charge in [-0.2, -0.15) is 0 Å². The van der Waals surface area contributed by atoms with E-state index in [1.165, 1.54) is 35.8 Å². The Balaban J connectivity index is -0.000000900. The van der Waals surface area contributed by atoms with Crippen molar-refractivity contribution in [3.8, 4) is 0 Å². The van der Waals surface area contributed by atoms with Gasteiger partial charge in [-0.25, -0.2) is 24.0 Å². The van der Waals surface area contributed by atoms with E-state index in [4.69, 9.17) is 37.9 Å². The van der Waals surface area contributed by atoms with Gasteiger partial charge in [-0.3, -0.25) is 4.79 Å². The molecule has 444 valence electrons. The Kier molecular flexibility index (Phi) is 47.9. The summed E-state index contributed by atoms with van der Waals surface area (Å²) in [5.74, 6) is 2.90. The van der Waals surface area contributed by atoms with Crippen LogP contribution in [0.15, 0.2) is 114 Å². The molecule has 2 bridgehead atoms. The van der Waals surface area contributed by atoms with Crippen LogP contribution < -0.4 is 0 Å². The van der Waals surface area contributed by atoms with Crippen LogP contribution in [0, 0.1) is 35.0 Å². The third kappa shape index (κ3) is 39.8. The maximum absolute atomic E-state index is 11.4. The molecule has 0 amide bonds. The predicted octanol–water partition coefficient (Wildman–Crippen LogP) is 12.4. The number of carbonyl (C=O) groups is 6. The van der Waals surface area contributed by atoms with Crippen LogP contribution in [-0.2, 0) is 71.4 Å². The highest BCUT2D eigenvalue weighted by molar-refractivity contribution is 5.89. The Morgan fingerprint density at radius 2 is 0.949 bits per heavy atom. The highest BCUT2D eigenvalue weighted by Crippen LogP contribution is 2.58. The molecular formula is C63H102O15. The molecule has 10 atom stereocenters. The zero-order valence-corrected chi connectivity index (χ0v) is 49.4. The molecule has 3 aliphatic rings. The number of esters is 5. The van der Waals surface area contributed by atoms with Gasteiger partial charge in [-0.15, -0.1) is 19.7 Å². The summed E-state index contributed by atoms with van der Waals surface area (Å²) in [6.45, 7) is 51.2. The summed E-state index contributed by atoms with van der Waals surface area (Å²) in [5, 5.41) is 0. The van der Waals surface area contributed by atoms with Crippen molar-refractivity contribution in [3.05, 3.63) is 114 Å². The summed E-state index contributed by atoms with van der Waals surface area (Å²) in [7, 11) is 0. The molecule has 15 nitrogen and oxygen atoms in total. The molecule has 0 aromatic heterocycles. The topological polar surface area (TPSA) is 185 Å². The van der Waals surface area contributed by atoms with Crippen LogP contribution in [0.3, 0.4) is 0 Å². The van der Waals surface area contributed by atoms with Crippen molar-refractivity contribution in [2.75, 3.05) is 52.9 Å². The van der Waals surface area contributed by atoms with E-state index in [0.29, 0.717) is 51.8 Å². The molecule has 3 rings (SSSR count). The van der Waals surface area contributed by atoms with E-state index in [1.807, 2.05) is 41.5 Å². The van der Waals surface area contributed by atoms with Crippen LogP contribution in [0.1, 0.15) is 133 Å². The molecule has 0 heterocycles. The van der Waals surface area contributed by atoms with E-state index >= 15 is 0 Å². The fraction of sp³-hybridized carbons (Fsp3) is 0.619. The van der Waals surface area contributed by atoms with E-state index in [1.54, 1.807) is 70.6 Å². The Morgan fingerprint density at radius 1 is 0.500 bits per heavy atom. The molecule has 0 N–H and O–H groups in total. The second-order valence-corrected chi connectivity index (χ2v) is 19.3. The van der Waals surface area contributed by atoms with E-state index in [0.717, 1.165) is 43.8 Å². The van der Waals surface area contributed by atoms with Crippen molar-refractivity contribution < 1.29 is 71.4 Å². The van der Waals surface area contributed by atoms with E-state index in [2.05, 4.69) is 70.9 Å². The lowest BCUT2D eigenvalue weighted by molar-refractivity contribution is -0.149. The minimum atomic E-state index is -0.615. The standard InChI is InChI=1S/C16H22O5.C13H22O4.C13H22O3.C10H16.C6H12O.C5H8O2/c1-5-13(17)9-10-16(8-4,11-20-14(18)6-2)12-21-15(19)7-3;1-6-10(3)15-8-11(4)16-9-12(5)17-13(14)7-2;1-5-12(4)15-9-7-11(3)8-10-16-13(14)6-2;1-2-9-7-4-5-8(6-7)10(9)3-1;1-4-6(3)7-5-2;1-3-5(6)7-4-2/h5-7H,1-3,8-12H2,4H3;6-7,10-12H,1-2,8-9H2,3-5H3;5-6,11-12H,1-2,7-10H2,3-4H3;7-10H,1-6H2;4,6H,1,5H2,2-3H3;3H,1,4H2,2H3. The number of hydrogen-bond donors (Lipinski definition) is 0. The predicted molar refractivity (Wildman–Crippen MR) is 311 cm³/mol. The van der Waals surface area contributed by atoms with Gasteiger partial charge in [-0.05, 0) is 142 Å². The SMILES string of the molecule is C1CC2C3CCC(C3)C2C1.C=CC(=O)CCC(CC)(COC(=O)C=C)COC(=O)C=C.C=CC(=O)OC(C)COC(C)COC(C)C=C.C=CC(=O)OCC.C=CC(=O)OCCC(C)CCOC(C)C=C.C=CC(C)OCC. The molecule has 0 aromatic rings. The number of ether oxygens (including phenoxy) is 9. The Morgan fingerprint density at radius 3 is 1.37 bits per heavy atom. The van der Waals surface area contributed by atoms with Crippen LogP contribution in [0.4, 0.5) is 0 Å². The minimum Gasteiger partial charge on any atom is -0.463 e. The monoisotopic (exact) mass is 1100 g/mol. The van der Waals surface area contributed by atoms with Crippen molar-refractivity contribution in [2.24, 2.45) is 35.0 Å². The second-order valence-electron chi connectivity index (χ2n) is 19.3. The number of ketones is 1. The quantitative estimate of drug-likeness (QED) is 0.0256. The van der Waals surface area contributed by atoms with Crippen LogP contribution in [0.25, 0.3) is 0 Å². The number of fused-ring (bicyclic) bond motifs is 5. The van der Waals surface area contributed by atoms with Crippen molar-refractivity contribution in [1.82, 2.24) is 0 Å². The molecule has 0 spiro atoms. The molecule has 3 saturated carbocycles. The second kappa shape index (κ2) is 48.6. The number of carbonyl (C=O) groups excluding carboxylic acids is 6. The maximum Gasteiger partial charge on any atom is 0.330 e. The van der Waals surface area contributed by atoms with Gasteiger partial charge in [-0.1, -0.05) is 78.0 Å². The smallest absolute Gasteiger partial charge is 0.330 e. The zero-order chi connectivity index (χ0) is 59.9. The largest absolute Gasteiger partial charge is 0.463 e. The summed E-state index contributed by atoms with van der Waals surface area (Å²) in [5.41, 5.74) is -0.615. The van der Waals surface area contributed by atoms with Crippen molar-refractivity contribution in [3.63, 3.8) is 0 Å². The Bertz CT molecular complexity index is 1710. The molecule has 3 fully saturated rings. The molecule has 0 aliphatic heterocycles. The van der Waals surface area contributed by atoms with Gasteiger partial charge >= 0.3 is 29.8 Å². The van der Waals surface area contributed by atoms with Crippen molar-refractivity contribution >= 4 is 35.6 Å². The normalized spacial score (nSPS) is 18.3. The lowest BCUT2D eigenvalue weighted by Gasteiger charge is -2.31. The van der Waals surface area contributed by atoms with Gasteiger partial charge in [0.25, 0.3) is 0 Å². The average molecular weight is 1100 g/mol. The minimum absolute atomic E-state index is 0.0112. The molecule has 0 aromatic carbocycles. The summed E-state index contributed by atoms with van der Waals surface area (Å²) >= 11 is 0. The molecule has 15 heteroatoms. The first-order valence-electron chi connectivity index (χ1n) is 27.6. The zero-order valence-electron chi connectivity index (χ0n) is 49.4. The third-order valence-electron chi connectivity index (χ3n) is 13.2. The van der Waals surface area contributed by atoms with Crippen molar-refractivity contribution in [2.45, 2.75) is 163 Å². The molecular weight excluding hydrogens is 997 g/mol. The number of rotatable bonds is 34. The lowest BCUT2D eigenvalue weighted by atomic mass is 9.81. The van der Waals surface area contributed by atoms with Gasteiger partial charge < -0.3 is 42.6 Å². The fourth-order valence-corrected chi connectivity index (χ4v) is 8.24. The molecule has 0 saturated heterocycles. The summed E-state index contributed by atoms with van der Waals surface area (Å²) in [6.07, 6.45) is 24.7. The molecule has 10 unspecified atom stereocenters. The van der Waals surface area contributed by atoms with Gasteiger partial charge in [0.1, 0.15) is 19.3 Å². The van der Waals surface area contributed by atoms with Crippen LogP contribution in [0.5, 0.6) is 0 Å². The molecule has 78 heavy (non-hydrogen) atoms. The van der Waals surface area contributed by atoms with E-state index in [-0.39, 0.29) is 67.9 Å². The van der Waals surface area contributed by atoms with E-state index < -0.39 is 23.3 Å². The first-order valence-corrected chi connectivity index (χ1v) is 27.6. The van der Waals surface area contributed by atoms with Gasteiger partial charge in [0.2, 0.25) is 0 Å². The van der Waals surface area contributed by atoms with Gasteiger partial charge in [0.15, 0.2) is 5.78 Å². The average Bonchev–Trinajstić information content (AvgIpc) is 4.22. The summed E-state index contributed by atoms with van der Waals surface area (Å²) in [4.78, 5) is 65.5. The Labute approximate surface area is 470 Å². The highest BCUT2D eigenvalue weighted by atomic mass is 16.6. The first kappa shape index (κ1) is 76.8. The van der Waals surface area contributed by atoms with Crippen LogP contribution >= 0.6 is 0 Å². The van der Waals surface area contributed by atoms with Gasteiger partial charge in [0, 0.05) is 55.4 Å². The number of allylic oxidation sites excluding steroid dienone is 1. The Hall–Kier alpha value is -5.48. The lowest BCUT2D eigenvalue weighted by Crippen LogP contribution is -2.34. The van der Waals surface area contributed by atoms with E-state index in [9.17, 15) is 28.8 Å². The highest BCUT2D eigenvalue weighted by Gasteiger charge is 2.48. The summed E-state index contributed by atoms with van der Waals surface area (Å²) < 4.78 is 45.9.